The first-order valence-corrected chi connectivity index (χ1v) is 20.8. The second kappa shape index (κ2) is 13.8. The topological polar surface area (TPSA) is 99.6 Å². The lowest BCUT2D eigenvalue weighted by Gasteiger charge is -2.37. The largest absolute Gasteiger partial charge is 0.497 e. The van der Waals surface area contributed by atoms with E-state index in [9.17, 15) is 19.5 Å². The van der Waals surface area contributed by atoms with Crippen molar-refractivity contribution >= 4 is 42.4 Å². The van der Waals surface area contributed by atoms with E-state index in [2.05, 4.69) is 38.7 Å². The van der Waals surface area contributed by atoms with Crippen molar-refractivity contribution < 1.29 is 29.0 Å². The van der Waals surface area contributed by atoms with Crippen LogP contribution in [0.4, 0.5) is 11.4 Å². The molecule has 10 heteroatoms. The molecule has 4 aliphatic rings. The number of anilines is 2. The Kier molecular flexibility index (Phi) is 9.89. The Morgan fingerprint density at radius 2 is 1.83 bits per heavy atom. The van der Waals surface area contributed by atoms with Gasteiger partial charge in [0.15, 0.2) is 5.60 Å². The van der Waals surface area contributed by atoms with E-state index in [1.807, 2.05) is 35.2 Å². The highest BCUT2D eigenvalue weighted by molar-refractivity contribution is 6.91. The number of likely N-dealkylation sites (tertiary alicyclic amines) is 1. The van der Waals surface area contributed by atoms with Gasteiger partial charge in [0, 0.05) is 43.2 Å². The van der Waals surface area contributed by atoms with Gasteiger partial charge >= 0.3 is 0 Å². The van der Waals surface area contributed by atoms with Gasteiger partial charge in [0.25, 0.3) is 5.91 Å². The van der Waals surface area contributed by atoms with Crippen molar-refractivity contribution in [3.63, 3.8) is 0 Å². The summed E-state index contributed by atoms with van der Waals surface area (Å²) in [6.45, 7) is 12.2. The molecule has 3 fully saturated rings. The molecule has 4 aliphatic heterocycles. The molecule has 2 aromatic carbocycles. The maximum absolute atomic E-state index is 14.9. The van der Waals surface area contributed by atoms with Crippen molar-refractivity contribution in [3.05, 3.63) is 60.7 Å². The summed E-state index contributed by atoms with van der Waals surface area (Å²) in [6.07, 6.45) is 7.45. The Hall–Kier alpha value is -3.47. The molecule has 0 aromatic heterocycles. The standard InChI is InChI=1S/C38H51N3O6Si/c1-6-20-41-32-19-14-27(39-21-10-8-7-9-13-34(39)43)23-31(32)38(37(41)45)26(2)36(48(4,5)30-17-15-29(46-3)16-18-30)33(47-38)24-35(44)40-22-11-12-28(40)25-42/h6,14-19,23,26,28,33,36,42H,1,7-13,20-22,24-25H2,2-5H3/t26-,28-,33+,36-,38+/m0/s1. The predicted octanol–water partition coefficient (Wildman–Crippen LogP) is 5.11. The number of nitrogens with zero attached hydrogens (tertiary/aromatic N) is 3. The molecule has 0 bridgehead atoms. The molecule has 0 aliphatic carbocycles. The highest BCUT2D eigenvalue weighted by Crippen LogP contribution is 2.60. The van der Waals surface area contributed by atoms with Crippen LogP contribution in [-0.2, 0) is 24.7 Å². The molecule has 4 heterocycles. The van der Waals surface area contributed by atoms with Crippen LogP contribution in [0.3, 0.4) is 0 Å². The fraction of sp³-hybridized carbons (Fsp3) is 0.553. The highest BCUT2D eigenvalue weighted by Gasteiger charge is 2.66. The monoisotopic (exact) mass is 673 g/mol. The second-order valence-electron chi connectivity index (χ2n) is 14.5. The molecule has 0 radical (unpaired) electrons. The summed E-state index contributed by atoms with van der Waals surface area (Å²) in [5.41, 5.74) is 0.897. The molecule has 258 valence electrons. The number of aliphatic hydroxyl groups is 1. The number of amides is 3. The minimum absolute atomic E-state index is 0.0427. The summed E-state index contributed by atoms with van der Waals surface area (Å²) in [5, 5.41) is 11.2. The van der Waals surface area contributed by atoms with Crippen molar-refractivity contribution in [2.24, 2.45) is 5.92 Å². The first kappa shape index (κ1) is 34.4. The normalized spacial score (nSPS) is 27.7. The van der Waals surface area contributed by atoms with E-state index in [1.54, 1.807) is 23.0 Å². The number of rotatable bonds is 9. The molecular weight excluding hydrogens is 623 g/mol. The number of fused-ring (bicyclic) bond motifs is 2. The molecule has 3 saturated heterocycles. The summed E-state index contributed by atoms with van der Waals surface area (Å²) in [6, 6.07) is 13.9. The fourth-order valence-electron chi connectivity index (χ4n) is 9.06. The van der Waals surface area contributed by atoms with Gasteiger partial charge < -0.3 is 29.3 Å². The van der Waals surface area contributed by atoms with Crippen molar-refractivity contribution in [2.45, 2.75) is 94.7 Å². The summed E-state index contributed by atoms with van der Waals surface area (Å²) >= 11 is 0. The second-order valence-corrected chi connectivity index (χ2v) is 19.2. The lowest BCUT2D eigenvalue weighted by Crippen LogP contribution is -2.52. The average Bonchev–Trinajstić information content (AvgIpc) is 3.73. The molecule has 5 atom stereocenters. The van der Waals surface area contributed by atoms with Crippen molar-refractivity contribution in [3.8, 4) is 5.75 Å². The maximum Gasteiger partial charge on any atom is 0.264 e. The van der Waals surface area contributed by atoms with E-state index in [4.69, 9.17) is 9.47 Å². The van der Waals surface area contributed by atoms with Gasteiger partial charge in [0.1, 0.15) is 5.75 Å². The molecule has 0 unspecified atom stereocenters. The van der Waals surface area contributed by atoms with Crippen molar-refractivity contribution in [2.75, 3.05) is 43.2 Å². The van der Waals surface area contributed by atoms with Crippen molar-refractivity contribution in [1.29, 1.82) is 0 Å². The first-order valence-electron chi connectivity index (χ1n) is 17.7. The van der Waals surface area contributed by atoms with Crippen LogP contribution in [-0.4, -0.2) is 81.3 Å². The molecule has 6 rings (SSSR count). The highest BCUT2D eigenvalue weighted by atomic mass is 28.3. The zero-order valence-electron chi connectivity index (χ0n) is 29.0. The van der Waals surface area contributed by atoms with Crippen LogP contribution in [0, 0.1) is 5.92 Å². The predicted molar refractivity (Wildman–Crippen MR) is 190 cm³/mol. The number of hydrogen-bond donors (Lipinski definition) is 1. The summed E-state index contributed by atoms with van der Waals surface area (Å²) in [4.78, 5) is 47.7. The Morgan fingerprint density at radius 3 is 2.54 bits per heavy atom. The third-order valence-corrected chi connectivity index (χ3v) is 15.9. The first-order chi connectivity index (χ1) is 23.1. The Balaban J connectivity index is 1.46. The van der Waals surface area contributed by atoms with E-state index in [1.165, 1.54) is 5.19 Å². The van der Waals surface area contributed by atoms with Crippen LogP contribution in [0.15, 0.2) is 55.1 Å². The molecule has 3 amide bonds. The van der Waals surface area contributed by atoms with Gasteiger partial charge in [-0.05, 0) is 61.6 Å². The number of aliphatic hydroxyl groups excluding tert-OH is 1. The fourth-order valence-corrected chi connectivity index (χ4v) is 13.1. The van der Waals surface area contributed by atoms with Crippen LogP contribution in [0.1, 0.15) is 63.9 Å². The number of ether oxygens (including phenoxy) is 2. The minimum atomic E-state index is -2.45. The van der Waals surface area contributed by atoms with E-state index in [0.29, 0.717) is 26.1 Å². The molecule has 48 heavy (non-hydrogen) atoms. The Bertz CT molecular complexity index is 1550. The Morgan fingerprint density at radius 1 is 1.08 bits per heavy atom. The maximum atomic E-state index is 14.9. The molecule has 1 N–H and O–H groups in total. The number of hydrogen-bond acceptors (Lipinski definition) is 6. The lowest BCUT2D eigenvalue weighted by molar-refractivity contribution is -0.149. The quantitative estimate of drug-likeness (QED) is 0.293. The van der Waals surface area contributed by atoms with Gasteiger partial charge in [-0.2, -0.15) is 0 Å². The van der Waals surface area contributed by atoms with Gasteiger partial charge in [-0.15, -0.1) is 6.58 Å². The van der Waals surface area contributed by atoms with Gasteiger partial charge in [-0.3, -0.25) is 14.4 Å². The summed E-state index contributed by atoms with van der Waals surface area (Å²) in [7, 11) is -0.796. The molecule has 2 aromatic rings. The van der Waals surface area contributed by atoms with Gasteiger partial charge in [-0.25, -0.2) is 0 Å². The third kappa shape index (κ3) is 5.79. The third-order valence-electron chi connectivity index (χ3n) is 11.5. The van der Waals surface area contributed by atoms with Crippen LogP contribution < -0.4 is 19.7 Å². The minimum Gasteiger partial charge on any atom is -0.497 e. The molecule has 0 saturated carbocycles. The van der Waals surface area contributed by atoms with Gasteiger partial charge in [0.05, 0.1) is 46.0 Å². The van der Waals surface area contributed by atoms with Crippen molar-refractivity contribution in [1.82, 2.24) is 4.90 Å². The van der Waals surface area contributed by atoms with E-state index in [-0.39, 0.29) is 48.3 Å². The van der Waals surface area contributed by atoms with Crippen LogP contribution in [0.2, 0.25) is 18.6 Å². The zero-order valence-corrected chi connectivity index (χ0v) is 30.0. The van der Waals surface area contributed by atoms with E-state index in [0.717, 1.165) is 61.2 Å². The lowest BCUT2D eigenvalue weighted by atomic mass is 9.82. The van der Waals surface area contributed by atoms with Gasteiger partial charge in [-0.1, -0.05) is 56.3 Å². The van der Waals surface area contributed by atoms with Crippen LogP contribution >= 0.6 is 0 Å². The van der Waals surface area contributed by atoms with E-state index < -0.39 is 19.8 Å². The number of methoxy groups -OCH3 is 1. The number of benzene rings is 2. The molecular formula is C38H51N3O6Si. The number of carbonyl (C=O) groups excluding carboxylic acids is 3. The molecule has 9 nitrogen and oxygen atoms in total. The van der Waals surface area contributed by atoms with E-state index >= 15 is 0 Å². The number of carbonyl (C=O) groups is 3. The van der Waals surface area contributed by atoms with Crippen LogP contribution in [0.25, 0.3) is 0 Å². The van der Waals surface area contributed by atoms with Crippen LogP contribution in [0.5, 0.6) is 5.75 Å². The molecule has 1 spiro atoms. The Labute approximate surface area is 285 Å². The van der Waals surface area contributed by atoms with Gasteiger partial charge in [0.2, 0.25) is 11.8 Å². The average molecular weight is 674 g/mol. The SMILES string of the molecule is C=CCN1C(=O)[C@]2(O[C@H](CC(=O)N3CCC[C@H]3CO)[C@@H]([Si](C)(C)c3ccc(OC)cc3)[C@@H]2C)c2cc(N3CCCCCCC3=O)ccc21. The summed E-state index contributed by atoms with van der Waals surface area (Å²) < 4.78 is 12.6. The summed E-state index contributed by atoms with van der Waals surface area (Å²) in [5.74, 6) is 0.423. The smallest absolute Gasteiger partial charge is 0.264 e. The zero-order chi connectivity index (χ0) is 34.2.